The lowest BCUT2D eigenvalue weighted by molar-refractivity contribution is 0.332. The van der Waals surface area contributed by atoms with E-state index < -0.39 is 0 Å². The van der Waals surface area contributed by atoms with E-state index >= 15 is 0 Å². The first-order valence-corrected chi connectivity index (χ1v) is 7.70. The molecule has 1 fully saturated rings. The Labute approximate surface area is 126 Å². The summed E-state index contributed by atoms with van der Waals surface area (Å²) in [5.74, 6) is 0. The van der Waals surface area contributed by atoms with Crippen LogP contribution in [-0.2, 0) is 19.0 Å². The summed E-state index contributed by atoms with van der Waals surface area (Å²) in [6.45, 7) is 7.45. The molecular weight excluding hydrogens is 260 g/mol. The molecule has 0 amide bonds. The summed E-state index contributed by atoms with van der Waals surface area (Å²) in [6, 6.07) is 10.7. The molecule has 1 aromatic heterocycles. The molecule has 3 rings (SSSR count). The monoisotopic (exact) mass is 284 g/mol. The molecule has 1 aliphatic rings. The van der Waals surface area contributed by atoms with Crippen LogP contribution in [0.4, 0.5) is 5.69 Å². The van der Waals surface area contributed by atoms with Gasteiger partial charge in [0.1, 0.15) is 0 Å². The predicted molar refractivity (Wildman–Crippen MR) is 86.6 cm³/mol. The number of hydrogen-bond donors (Lipinski definition) is 1. The number of nitrogens with zero attached hydrogens (tertiary/aromatic N) is 3. The topological polar surface area (TPSA) is 33.1 Å². The molecule has 4 nitrogen and oxygen atoms in total. The van der Waals surface area contributed by atoms with Gasteiger partial charge in [-0.05, 0) is 18.9 Å². The van der Waals surface area contributed by atoms with Crippen molar-refractivity contribution in [2.24, 2.45) is 7.05 Å². The van der Waals surface area contributed by atoms with E-state index in [2.05, 4.69) is 65.7 Å². The Bertz CT molecular complexity index is 605. The predicted octanol–water partition coefficient (Wildman–Crippen LogP) is 2.31. The lowest BCUT2D eigenvalue weighted by atomic mass is 9.89. The second-order valence-electron chi connectivity index (χ2n) is 6.03. The normalized spacial score (nSPS) is 22.5. The van der Waals surface area contributed by atoms with Crippen molar-refractivity contribution >= 4 is 5.69 Å². The van der Waals surface area contributed by atoms with Crippen LogP contribution in [0.15, 0.2) is 36.5 Å². The molecule has 0 radical (unpaired) electrons. The Morgan fingerprint density at radius 3 is 2.76 bits per heavy atom. The average Bonchev–Trinajstić information content (AvgIpc) is 2.89. The summed E-state index contributed by atoms with van der Waals surface area (Å²) in [5, 5.41) is 8.27. The summed E-state index contributed by atoms with van der Waals surface area (Å²) in [6.07, 6.45) is 3.12. The van der Waals surface area contributed by atoms with Crippen LogP contribution in [0.2, 0.25) is 0 Å². The molecule has 1 aliphatic heterocycles. The lowest BCUT2D eigenvalue weighted by Crippen LogP contribution is -2.56. The van der Waals surface area contributed by atoms with Crippen LogP contribution in [0.1, 0.15) is 25.1 Å². The van der Waals surface area contributed by atoms with E-state index in [0.717, 1.165) is 26.1 Å². The molecule has 2 aromatic rings. The summed E-state index contributed by atoms with van der Waals surface area (Å²) in [5.41, 5.74) is 3.80. The van der Waals surface area contributed by atoms with Gasteiger partial charge in [0.05, 0.1) is 16.9 Å². The van der Waals surface area contributed by atoms with Gasteiger partial charge >= 0.3 is 0 Å². The van der Waals surface area contributed by atoms with Crippen molar-refractivity contribution in [3.8, 4) is 0 Å². The van der Waals surface area contributed by atoms with Gasteiger partial charge in [-0.1, -0.05) is 37.3 Å². The Hall–Kier alpha value is -1.81. The van der Waals surface area contributed by atoms with Crippen molar-refractivity contribution < 1.29 is 0 Å². The van der Waals surface area contributed by atoms with Crippen LogP contribution in [-0.4, -0.2) is 29.4 Å². The molecule has 112 valence electrons. The molecule has 1 N–H and O–H groups in total. The largest absolute Gasteiger partial charge is 0.365 e. The van der Waals surface area contributed by atoms with Gasteiger partial charge in [0.25, 0.3) is 0 Å². The Balaban J connectivity index is 1.89. The number of aromatic nitrogens is 2. The molecule has 0 saturated carbocycles. The average molecular weight is 284 g/mol. The molecule has 0 spiro atoms. The minimum Gasteiger partial charge on any atom is -0.365 e. The number of piperazine rings is 1. The lowest BCUT2D eigenvalue weighted by Gasteiger charge is -2.42. The van der Waals surface area contributed by atoms with E-state index in [-0.39, 0.29) is 5.54 Å². The van der Waals surface area contributed by atoms with E-state index in [1.54, 1.807) is 0 Å². The molecule has 1 atom stereocenters. The molecule has 1 saturated heterocycles. The molecular formula is C17H24N4. The second kappa shape index (κ2) is 5.53. The van der Waals surface area contributed by atoms with Crippen molar-refractivity contribution in [2.45, 2.75) is 25.8 Å². The number of anilines is 1. The van der Waals surface area contributed by atoms with Crippen molar-refractivity contribution in [3.05, 3.63) is 47.8 Å². The smallest absolute Gasteiger partial charge is 0.0855 e. The van der Waals surface area contributed by atoms with Gasteiger partial charge in [0, 0.05) is 32.9 Å². The van der Waals surface area contributed by atoms with Gasteiger partial charge in [-0.3, -0.25) is 4.68 Å². The molecule has 1 aromatic carbocycles. The van der Waals surface area contributed by atoms with E-state index in [1.807, 2.05) is 11.7 Å². The number of aryl methyl sites for hydroxylation is 2. The zero-order valence-electron chi connectivity index (χ0n) is 13.1. The van der Waals surface area contributed by atoms with Gasteiger partial charge < -0.3 is 10.2 Å². The standard InChI is InChI=1S/C17H24N4/c1-4-15-16(12-20(3)19-15)21-11-10-18-17(2,13-21)14-8-6-5-7-9-14/h5-9,12,18H,4,10-11,13H2,1-3H3. The number of rotatable bonds is 3. The van der Waals surface area contributed by atoms with Crippen LogP contribution in [0, 0.1) is 0 Å². The number of benzene rings is 1. The molecule has 4 heteroatoms. The quantitative estimate of drug-likeness (QED) is 0.939. The van der Waals surface area contributed by atoms with E-state index in [0.29, 0.717) is 0 Å². The maximum atomic E-state index is 4.58. The van der Waals surface area contributed by atoms with E-state index in [1.165, 1.54) is 16.9 Å². The highest BCUT2D eigenvalue weighted by Crippen LogP contribution is 2.29. The maximum Gasteiger partial charge on any atom is 0.0855 e. The third kappa shape index (κ3) is 2.68. The van der Waals surface area contributed by atoms with Crippen LogP contribution in [0.5, 0.6) is 0 Å². The first kappa shape index (κ1) is 14.1. The highest BCUT2D eigenvalue weighted by Gasteiger charge is 2.33. The first-order chi connectivity index (χ1) is 10.1. The van der Waals surface area contributed by atoms with Gasteiger partial charge in [-0.15, -0.1) is 0 Å². The van der Waals surface area contributed by atoms with Crippen molar-refractivity contribution in [3.63, 3.8) is 0 Å². The fourth-order valence-corrected chi connectivity index (χ4v) is 3.23. The molecule has 0 bridgehead atoms. The summed E-state index contributed by atoms with van der Waals surface area (Å²) in [7, 11) is 2.00. The van der Waals surface area contributed by atoms with Crippen LogP contribution >= 0.6 is 0 Å². The van der Waals surface area contributed by atoms with Gasteiger partial charge in [-0.2, -0.15) is 5.10 Å². The van der Waals surface area contributed by atoms with Gasteiger partial charge in [-0.25, -0.2) is 0 Å². The third-order valence-corrected chi connectivity index (χ3v) is 4.37. The minimum absolute atomic E-state index is 0.0135. The van der Waals surface area contributed by atoms with E-state index in [4.69, 9.17) is 0 Å². The number of nitrogens with one attached hydrogen (secondary N) is 1. The Morgan fingerprint density at radius 2 is 2.05 bits per heavy atom. The summed E-state index contributed by atoms with van der Waals surface area (Å²) in [4.78, 5) is 2.47. The number of hydrogen-bond acceptors (Lipinski definition) is 3. The van der Waals surface area contributed by atoms with E-state index in [9.17, 15) is 0 Å². The first-order valence-electron chi connectivity index (χ1n) is 7.70. The molecule has 1 unspecified atom stereocenters. The van der Waals surface area contributed by atoms with Gasteiger partial charge in [0.2, 0.25) is 0 Å². The minimum atomic E-state index is -0.0135. The summed E-state index contributed by atoms with van der Waals surface area (Å²) < 4.78 is 1.93. The SMILES string of the molecule is CCc1nn(C)cc1N1CCNC(C)(c2ccccc2)C1. The fourth-order valence-electron chi connectivity index (χ4n) is 3.23. The zero-order valence-corrected chi connectivity index (χ0v) is 13.1. The highest BCUT2D eigenvalue weighted by molar-refractivity contribution is 5.51. The van der Waals surface area contributed by atoms with Crippen molar-refractivity contribution in [1.82, 2.24) is 15.1 Å². The third-order valence-electron chi connectivity index (χ3n) is 4.37. The summed E-state index contributed by atoms with van der Waals surface area (Å²) >= 11 is 0. The molecule has 21 heavy (non-hydrogen) atoms. The zero-order chi connectivity index (χ0) is 14.9. The Morgan fingerprint density at radius 1 is 1.29 bits per heavy atom. The van der Waals surface area contributed by atoms with Crippen molar-refractivity contribution in [1.29, 1.82) is 0 Å². The second-order valence-corrected chi connectivity index (χ2v) is 6.03. The van der Waals surface area contributed by atoms with Crippen molar-refractivity contribution in [2.75, 3.05) is 24.5 Å². The highest BCUT2D eigenvalue weighted by atomic mass is 15.3. The maximum absolute atomic E-state index is 4.58. The molecule has 0 aliphatic carbocycles. The molecule has 2 heterocycles. The van der Waals surface area contributed by atoms with Crippen LogP contribution in [0.25, 0.3) is 0 Å². The fraction of sp³-hybridized carbons (Fsp3) is 0.471. The van der Waals surface area contributed by atoms with Crippen LogP contribution in [0.3, 0.4) is 0 Å². The Kier molecular flexibility index (Phi) is 3.72. The van der Waals surface area contributed by atoms with Crippen LogP contribution < -0.4 is 10.2 Å². The van der Waals surface area contributed by atoms with Gasteiger partial charge in [0.15, 0.2) is 0 Å².